The van der Waals surface area contributed by atoms with Gasteiger partial charge >= 0.3 is 0 Å². The number of aryl methyl sites for hydroxylation is 1. The standard InChI is InChI=1S/C10H10N2O2S/c1-6-3-9-10(15(14)5-11-9)4-8(6)12-7(2)13/h3-5H,1-2H3,(H,12,13). The van der Waals surface area contributed by atoms with Gasteiger partial charge in [0.15, 0.2) is 0 Å². The number of carbonyl (C=O) groups is 1. The van der Waals surface area contributed by atoms with Crippen LogP contribution < -0.4 is 5.32 Å². The second-order valence-corrected chi connectivity index (χ2v) is 4.59. The second-order valence-electron chi connectivity index (χ2n) is 3.35. The molecule has 78 valence electrons. The summed E-state index contributed by atoms with van der Waals surface area (Å²) in [6.45, 7) is 3.32. The molecule has 0 bridgehead atoms. The van der Waals surface area contributed by atoms with Crippen molar-refractivity contribution in [2.45, 2.75) is 18.7 Å². The van der Waals surface area contributed by atoms with Crippen LogP contribution in [-0.2, 0) is 15.6 Å². The Morgan fingerprint density at radius 1 is 1.47 bits per heavy atom. The SMILES string of the molecule is CC(=O)Nc1cc2c(cc1C)N=CS2=O. The number of benzene rings is 1. The molecular weight excluding hydrogens is 212 g/mol. The van der Waals surface area contributed by atoms with E-state index in [1.165, 1.54) is 12.5 Å². The van der Waals surface area contributed by atoms with Crippen molar-refractivity contribution in [3.05, 3.63) is 17.7 Å². The quantitative estimate of drug-likeness (QED) is 0.786. The summed E-state index contributed by atoms with van der Waals surface area (Å²) in [6.07, 6.45) is 0. The van der Waals surface area contributed by atoms with E-state index in [-0.39, 0.29) is 5.91 Å². The molecule has 15 heavy (non-hydrogen) atoms. The number of nitrogens with one attached hydrogen (secondary N) is 1. The van der Waals surface area contributed by atoms with Gasteiger partial charge in [-0.15, -0.1) is 0 Å². The van der Waals surface area contributed by atoms with Gasteiger partial charge in [-0.2, -0.15) is 0 Å². The zero-order valence-electron chi connectivity index (χ0n) is 8.40. The van der Waals surface area contributed by atoms with Crippen LogP contribution in [0.2, 0.25) is 0 Å². The van der Waals surface area contributed by atoms with Crippen molar-refractivity contribution in [3.8, 4) is 0 Å². The lowest BCUT2D eigenvalue weighted by Gasteiger charge is -2.07. The molecule has 1 aromatic rings. The molecule has 1 unspecified atom stereocenters. The van der Waals surface area contributed by atoms with Gasteiger partial charge in [0.05, 0.1) is 26.9 Å². The van der Waals surface area contributed by atoms with Crippen molar-refractivity contribution >= 4 is 33.6 Å². The molecule has 0 aromatic heterocycles. The smallest absolute Gasteiger partial charge is 0.221 e. The third kappa shape index (κ3) is 1.83. The Morgan fingerprint density at radius 3 is 2.87 bits per heavy atom. The number of carbonyl (C=O) groups excluding carboxylic acids is 1. The average Bonchev–Trinajstić information content (AvgIpc) is 2.48. The van der Waals surface area contributed by atoms with Crippen LogP contribution >= 0.6 is 0 Å². The summed E-state index contributed by atoms with van der Waals surface area (Å²) in [7, 11) is -1.17. The highest BCUT2D eigenvalue weighted by Crippen LogP contribution is 2.32. The van der Waals surface area contributed by atoms with E-state index in [1.807, 2.05) is 13.0 Å². The molecule has 0 aliphatic carbocycles. The Hall–Kier alpha value is -1.49. The number of anilines is 1. The molecule has 0 fully saturated rings. The zero-order chi connectivity index (χ0) is 11.0. The highest BCUT2D eigenvalue weighted by Gasteiger charge is 2.16. The summed E-state index contributed by atoms with van der Waals surface area (Å²) in [5.41, 5.74) is 3.74. The molecule has 1 heterocycles. The van der Waals surface area contributed by atoms with E-state index >= 15 is 0 Å². The lowest BCUT2D eigenvalue weighted by molar-refractivity contribution is -0.114. The first-order valence-corrected chi connectivity index (χ1v) is 5.66. The molecule has 2 rings (SSSR count). The molecule has 1 aromatic carbocycles. The average molecular weight is 222 g/mol. The fraction of sp³-hybridized carbons (Fsp3) is 0.200. The van der Waals surface area contributed by atoms with Crippen LogP contribution in [0.25, 0.3) is 0 Å². The molecule has 1 aliphatic rings. The van der Waals surface area contributed by atoms with Crippen molar-refractivity contribution in [2.24, 2.45) is 4.99 Å². The van der Waals surface area contributed by atoms with Crippen molar-refractivity contribution in [3.63, 3.8) is 0 Å². The van der Waals surface area contributed by atoms with Crippen molar-refractivity contribution in [1.82, 2.24) is 0 Å². The molecule has 1 atom stereocenters. The van der Waals surface area contributed by atoms with E-state index in [1.54, 1.807) is 6.07 Å². The van der Waals surface area contributed by atoms with Crippen molar-refractivity contribution < 1.29 is 9.00 Å². The Labute approximate surface area is 89.9 Å². The highest BCUT2D eigenvalue weighted by atomic mass is 32.2. The van der Waals surface area contributed by atoms with Gasteiger partial charge in [-0.25, -0.2) is 9.20 Å². The van der Waals surface area contributed by atoms with Crippen LogP contribution in [0, 0.1) is 6.92 Å². The maximum atomic E-state index is 11.5. The first-order valence-electron chi connectivity index (χ1n) is 4.45. The van der Waals surface area contributed by atoms with E-state index in [9.17, 15) is 9.00 Å². The van der Waals surface area contributed by atoms with Crippen LogP contribution in [-0.4, -0.2) is 15.7 Å². The maximum Gasteiger partial charge on any atom is 0.221 e. The van der Waals surface area contributed by atoms with Gasteiger partial charge in [-0.1, -0.05) is 0 Å². The lowest BCUT2D eigenvalue weighted by Crippen LogP contribution is -2.07. The van der Waals surface area contributed by atoms with E-state index in [4.69, 9.17) is 0 Å². The zero-order valence-corrected chi connectivity index (χ0v) is 9.22. The fourth-order valence-corrected chi connectivity index (χ4v) is 2.30. The molecule has 0 saturated carbocycles. The van der Waals surface area contributed by atoms with E-state index in [2.05, 4.69) is 10.3 Å². The van der Waals surface area contributed by atoms with Gasteiger partial charge in [0.25, 0.3) is 0 Å². The van der Waals surface area contributed by atoms with Gasteiger partial charge in [-0.3, -0.25) is 4.79 Å². The number of amides is 1. The van der Waals surface area contributed by atoms with Crippen molar-refractivity contribution in [2.75, 3.05) is 5.32 Å². The van der Waals surface area contributed by atoms with E-state index in [0.29, 0.717) is 10.6 Å². The van der Waals surface area contributed by atoms with Gasteiger partial charge in [-0.05, 0) is 24.6 Å². The minimum absolute atomic E-state index is 0.136. The van der Waals surface area contributed by atoms with E-state index < -0.39 is 10.8 Å². The molecular formula is C10H10N2O2S. The van der Waals surface area contributed by atoms with E-state index in [0.717, 1.165) is 11.3 Å². The summed E-state index contributed by atoms with van der Waals surface area (Å²) in [6, 6.07) is 3.54. The Bertz CT molecular complexity index is 494. The molecule has 0 radical (unpaired) electrons. The predicted octanol–water partition coefficient (Wildman–Crippen LogP) is 1.73. The summed E-state index contributed by atoms with van der Waals surface area (Å²) < 4.78 is 11.5. The molecule has 4 nitrogen and oxygen atoms in total. The van der Waals surface area contributed by atoms with Gasteiger partial charge in [0.2, 0.25) is 5.91 Å². The fourth-order valence-electron chi connectivity index (χ4n) is 1.42. The molecule has 0 saturated heterocycles. The first-order chi connectivity index (χ1) is 7.08. The minimum atomic E-state index is -1.17. The molecule has 1 amide bonds. The van der Waals surface area contributed by atoms with Crippen LogP contribution in [0.3, 0.4) is 0 Å². The van der Waals surface area contributed by atoms with Crippen LogP contribution in [0.1, 0.15) is 12.5 Å². The number of fused-ring (bicyclic) bond motifs is 1. The second kappa shape index (κ2) is 3.58. The number of hydrogen-bond donors (Lipinski definition) is 1. The minimum Gasteiger partial charge on any atom is -0.326 e. The molecule has 5 heteroatoms. The maximum absolute atomic E-state index is 11.5. The third-order valence-electron chi connectivity index (χ3n) is 2.12. The topological polar surface area (TPSA) is 58.5 Å². The van der Waals surface area contributed by atoms with Crippen LogP contribution in [0.5, 0.6) is 0 Å². The molecule has 1 N–H and O–H groups in total. The predicted molar refractivity (Wildman–Crippen MR) is 60.0 cm³/mol. The monoisotopic (exact) mass is 222 g/mol. The van der Waals surface area contributed by atoms with Crippen LogP contribution in [0.4, 0.5) is 11.4 Å². The van der Waals surface area contributed by atoms with Gasteiger partial charge in [0.1, 0.15) is 0 Å². The normalized spacial score (nSPS) is 17.6. The lowest BCUT2D eigenvalue weighted by atomic mass is 10.2. The summed E-state index contributed by atoms with van der Waals surface area (Å²) in [5.74, 6) is -0.136. The highest BCUT2D eigenvalue weighted by molar-refractivity contribution is 7.99. The van der Waals surface area contributed by atoms with Crippen LogP contribution in [0.15, 0.2) is 22.0 Å². The van der Waals surface area contributed by atoms with Crippen molar-refractivity contribution in [1.29, 1.82) is 0 Å². The molecule has 1 aliphatic heterocycles. The number of nitrogens with zero attached hydrogens (tertiary/aromatic N) is 1. The van der Waals surface area contributed by atoms with Gasteiger partial charge in [0, 0.05) is 12.6 Å². The number of hydrogen-bond acceptors (Lipinski definition) is 3. The summed E-state index contributed by atoms with van der Waals surface area (Å²) in [5, 5.41) is 2.69. The summed E-state index contributed by atoms with van der Waals surface area (Å²) >= 11 is 0. The Balaban J connectivity index is 2.48. The number of rotatable bonds is 1. The summed E-state index contributed by atoms with van der Waals surface area (Å²) in [4.78, 5) is 15.6. The molecule has 0 spiro atoms. The first kappa shape index (κ1) is 10.0. The Kier molecular flexibility index (Phi) is 2.40. The number of aliphatic imine (C=N–C) groups is 1. The Morgan fingerprint density at radius 2 is 2.20 bits per heavy atom. The third-order valence-corrected chi connectivity index (χ3v) is 3.18. The largest absolute Gasteiger partial charge is 0.326 e. The van der Waals surface area contributed by atoms with Gasteiger partial charge < -0.3 is 5.32 Å².